The summed E-state index contributed by atoms with van der Waals surface area (Å²) in [6.07, 6.45) is -0.339. The number of hydrogen-bond donors (Lipinski definition) is 4. The number of aromatic nitrogens is 2. The van der Waals surface area contributed by atoms with Gasteiger partial charge in [-0.3, -0.25) is 28.3 Å². The van der Waals surface area contributed by atoms with Crippen molar-refractivity contribution in [1.82, 2.24) is 19.8 Å². The standard InChI is InChI=1S/C26H30N4O9/c1-13-8-19(32)23(35)24(39-13)17(15-6-7-18(31)20(9-15)38-5)11-21(33)28-14(2)25(36)27-12-16-10-22(34)30(4)26(37)29(16)3/h6-10,14,17,31,35H,11-12H2,1-5H3,(H,27,36)(H,28,33)/t14-,17-/m0/s1. The maximum Gasteiger partial charge on any atom is 0.330 e. The number of methoxy groups -OCH3 is 1. The van der Waals surface area contributed by atoms with Crippen LogP contribution in [0, 0.1) is 6.92 Å². The van der Waals surface area contributed by atoms with E-state index in [4.69, 9.17) is 9.15 Å². The number of rotatable bonds is 9. The molecule has 0 unspecified atom stereocenters. The largest absolute Gasteiger partial charge is 0.504 e. The van der Waals surface area contributed by atoms with Crippen molar-refractivity contribution in [2.75, 3.05) is 7.11 Å². The van der Waals surface area contributed by atoms with Crippen LogP contribution in [-0.2, 0) is 30.2 Å². The number of ether oxygens (including phenoxy) is 1. The summed E-state index contributed by atoms with van der Waals surface area (Å²) < 4.78 is 12.9. The molecule has 0 bridgehead atoms. The zero-order valence-corrected chi connectivity index (χ0v) is 22.1. The van der Waals surface area contributed by atoms with Crippen molar-refractivity contribution >= 4 is 11.8 Å². The number of aromatic hydroxyl groups is 2. The molecule has 0 spiro atoms. The van der Waals surface area contributed by atoms with E-state index in [2.05, 4.69) is 10.6 Å². The smallest absolute Gasteiger partial charge is 0.330 e. The molecule has 1 aromatic carbocycles. The Kier molecular flexibility index (Phi) is 8.64. The van der Waals surface area contributed by atoms with Crippen LogP contribution in [-0.4, -0.2) is 44.3 Å². The summed E-state index contributed by atoms with van der Waals surface area (Å²) in [5.74, 6) is -2.84. The number of hydrogen-bond acceptors (Lipinski definition) is 9. The fourth-order valence-corrected chi connectivity index (χ4v) is 3.96. The number of aryl methyl sites for hydroxylation is 1. The highest BCUT2D eigenvalue weighted by Crippen LogP contribution is 2.37. The first kappa shape index (κ1) is 28.8. The van der Waals surface area contributed by atoms with Gasteiger partial charge >= 0.3 is 5.69 Å². The second kappa shape index (κ2) is 11.7. The predicted octanol–water partition coefficient (Wildman–Crippen LogP) is 0.109. The topological polar surface area (TPSA) is 182 Å². The van der Waals surface area contributed by atoms with Crippen LogP contribution in [0.15, 0.2) is 49.1 Å². The van der Waals surface area contributed by atoms with Crippen LogP contribution >= 0.6 is 0 Å². The minimum Gasteiger partial charge on any atom is -0.504 e. The van der Waals surface area contributed by atoms with Gasteiger partial charge in [0.25, 0.3) is 5.56 Å². The Morgan fingerprint density at radius 1 is 1.08 bits per heavy atom. The van der Waals surface area contributed by atoms with E-state index in [1.54, 1.807) is 0 Å². The Morgan fingerprint density at radius 2 is 1.77 bits per heavy atom. The van der Waals surface area contributed by atoms with E-state index in [1.807, 2.05) is 0 Å². The molecule has 0 aliphatic heterocycles. The molecule has 2 atom stereocenters. The van der Waals surface area contributed by atoms with Crippen LogP contribution in [0.4, 0.5) is 0 Å². The van der Waals surface area contributed by atoms with Crippen LogP contribution in [0.2, 0.25) is 0 Å². The summed E-state index contributed by atoms with van der Waals surface area (Å²) in [7, 11) is 4.15. The number of benzene rings is 1. The molecule has 208 valence electrons. The minimum absolute atomic E-state index is 0.102. The van der Waals surface area contributed by atoms with E-state index in [9.17, 15) is 34.2 Å². The zero-order chi connectivity index (χ0) is 29.0. The van der Waals surface area contributed by atoms with Gasteiger partial charge in [0.2, 0.25) is 23.0 Å². The first-order valence-electron chi connectivity index (χ1n) is 11.9. The van der Waals surface area contributed by atoms with Crippen LogP contribution in [0.25, 0.3) is 0 Å². The predicted molar refractivity (Wildman–Crippen MR) is 139 cm³/mol. The maximum atomic E-state index is 13.0. The van der Waals surface area contributed by atoms with Gasteiger partial charge in [-0.1, -0.05) is 6.07 Å². The average molecular weight is 543 g/mol. The average Bonchev–Trinajstić information content (AvgIpc) is 2.89. The normalized spacial score (nSPS) is 12.4. The summed E-state index contributed by atoms with van der Waals surface area (Å²) in [6, 6.07) is 5.59. The summed E-state index contributed by atoms with van der Waals surface area (Å²) in [5.41, 5.74) is -1.08. The molecule has 0 fully saturated rings. The van der Waals surface area contributed by atoms with Gasteiger partial charge < -0.3 is 30.0 Å². The molecular weight excluding hydrogens is 512 g/mol. The Balaban J connectivity index is 1.80. The molecule has 0 radical (unpaired) electrons. The molecule has 13 heteroatoms. The van der Waals surface area contributed by atoms with Gasteiger partial charge in [-0.2, -0.15) is 0 Å². The van der Waals surface area contributed by atoms with Crippen molar-refractivity contribution < 1.29 is 29.0 Å². The number of nitrogens with zero attached hydrogens (tertiary/aromatic N) is 2. The molecule has 0 saturated carbocycles. The quantitative estimate of drug-likeness (QED) is 0.292. The molecule has 4 N–H and O–H groups in total. The lowest BCUT2D eigenvalue weighted by molar-refractivity contribution is -0.128. The van der Waals surface area contributed by atoms with E-state index in [-0.39, 0.29) is 41.7 Å². The zero-order valence-electron chi connectivity index (χ0n) is 22.1. The van der Waals surface area contributed by atoms with Crippen molar-refractivity contribution in [3.63, 3.8) is 0 Å². The van der Waals surface area contributed by atoms with Crippen molar-refractivity contribution in [1.29, 1.82) is 0 Å². The molecule has 2 amide bonds. The second-order valence-electron chi connectivity index (χ2n) is 9.00. The van der Waals surface area contributed by atoms with Crippen LogP contribution in [0.5, 0.6) is 17.2 Å². The van der Waals surface area contributed by atoms with Gasteiger partial charge in [-0.05, 0) is 31.5 Å². The van der Waals surface area contributed by atoms with E-state index in [0.717, 1.165) is 10.6 Å². The molecular formula is C26H30N4O9. The van der Waals surface area contributed by atoms with Gasteiger partial charge in [0.15, 0.2) is 17.3 Å². The van der Waals surface area contributed by atoms with Crippen molar-refractivity contribution in [3.8, 4) is 17.2 Å². The third-order valence-corrected chi connectivity index (χ3v) is 6.22. The molecule has 2 heterocycles. The lowest BCUT2D eigenvalue weighted by Crippen LogP contribution is -2.46. The monoisotopic (exact) mass is 542 g/mol. The number of phenolic OH excluding ortho intramolecular Hbond substituents is 1. The molecule has 0 saturated heterocycles. The number of nitrogens with one attached hydrogen (secondary N) is 2. The summed E-state index contributed by atoms with van der Waals surface area (Å²) in [4.78, 5) is 61.9. The number of carbonyl (C=O) groups excluding carboxylic acids is 2. The molecule has 13 nitrogen and oxygen atoms in total. The maximum absolute atomic E-state index is 13.0. The lowest BCUT2D eigenvalue weighted by Gasteiger charge is -2.20. The van der Waals surface area contributed by atoms with Crippen LogP contribution < -0.4 is 32.0 Å². The van der Waals surface area contributed by atoms with Gasteiger partial charge in [0.1, 0.15) is 11.8 Å². The highest BCUT2D eigenvalue weighted by Gasteiger charge is 2.28. The van der Waals surface area contributed by atoms with Crippen molar-refractivity contribution in [2.45, 2.75) is 38.8 Å². The summed E-state index contributed by atoms with van der Waals surface area (Å²) in [5, 5.41) is 25.5. The third kappa shape index (κ3) is 6.37. The van der Waals surface area contributed by atoms with Gasteiger partial charge in [-0.25, -0.2) is 4.79 Å². The van der Waals surface area contributed by atoms with Crippen LogP contribution in [0.3, 0.4) is 0 Å². The summed E-state index contributed by atoms with van der Waals surface area (Å²) >= 11 is 0. The molecule has 0 aliphatic rings. The Bertz CT molecular complexity index is 1590. The number of amides is 2. The summed E-state index contributed by atoms with van der Waals surface area (Å²) in [6.45, 7) is 2.84. The first-order valence-corrected chi connectivity index (χ1v) is 11.9. The highest BCUT2D eigenvalue weighted by molar-refractivity contribution is 5.87. The fourth-order valence-electron chi connectivity index (χ4n) is 3.96. The van der Waals surface area contributed by atoms with Crippen LogP contribution in [0.1, 0.15) is 42.0 Å². The molecule has 39 heavy (non-hydrogen) atoms. The van der Waals surface area contributed by atoms with Crippen molar-refractivity contribution in [3.05, 3.63) is 84.2 Å². The number of carbonyl (C=O) groups is 2. The SMILES string of the molecule is COc1cc([C@H](CC(=O)N[C@@H](C)C(=O)NCc2cc(=O)n(C)c(=O)n2C)c2oc(C)cc(=O)c2O)ccc1O. The molecule has 3 aromatic rings. The fraction of sp³-hybridized carbons (Fsp3) is 0.346. The van der Waals surface area contributed by atoms with E-state index in [1.165, 1.54) is 63.9 Å². The van der Waals surface area contributed by atoms with E-state index < -0.39 is 46.2 Å². The Morgan fingerprint density at radius 3 is 2.44 bits per heavy atom. The van der Waals surface area contributed by atoms with Gasteiger partial charge in [0.05, 0.1) is 19.6 Å². The Hall–Kier alpha value is -4.81. The molecule has 3 rings (SSSR count). The third-order valence-electron chi connectivity index (χ3n) is 6.22. The minimum atomic E-state index is -1.02. The number of phenols is 1. The Labute approximate surface area is 222 Å². The van der Waals surface area contributed by atoms with E-state index in [0.29, 0.717) is 5.56 Å². The van der Waals surface area contributed by atoms with Gasteiger partial charge in [-0.15, -0.1) is 0 Å². The first-order chi connectivity index (χ1) is 18.3. The lowest BCUT2D eigenvalue weighted by atomic mass is 9.91. The molecule has 2 aromatic heterocycles. The van der Waals surface area contributed by atoms with Gasteiger partial charge in [0, 0.05) is 38.3 Å². The molecule has 0 aliphatic carbocycles. The van der Waals surface area contributed by atoms with E-state index >= 15 is 0 Å². The second-order valence-corrected chi connectivity index (χ2v) is 9.00. The van der Waals surface area contributed by atoms with Crippen molar-refractivity contribution in [2.24, 2.45) is 14.1 Å². The highest BCUT2D eigenvalue weighted by atomic mass is 16.5.